The third-order valence-electron chi connectivity index (χ3n) is 0.616. The second-order valence-corrected chi connectivity index (χ2v) is 1.31. The van der Waals surface area contributed by atoms with Crippen LogP contribution in [0.2, 0.25) is 0 Å². The van der Waals surface area contributed by atoms with Crippen molar-refractivity contribution in [3.63, 3.8) is 0 Å². The summed E-state index contributed by atoms with van der Waals surface area (Å²) in [5.74, 6) is 5.72. The van der Waals surface area contributed by atoms with Crippen LogP contribution in [0.3, 0.4) is 0 Å². The van der Waals surface area contributed by atoms with Gasteiger partial charge in [0.05, 0.1) is 0 Å². The Morgan fingerprint density at radius 2 is 2.38 bits per heavy atom. The molecule has 0 atom stereocenters. The zero-order valence-corrected chi connectivity index (χ0v) is 5.15. The van der Waals surface area contributed by atoms with Gasteiger partial charge in [0.2, 0.25) is 0 Å². The van der Waals surface area contributed by atoms with Crippen molar-refractivity contribution in [2.45, 2.75) is 13.3 Å². The molecule has 8 heavy (non-hydrogen) atoms. The van der Waals surface area contributed by atoms with E-state index in [4.69, 9.17) is 5.73 Å². The molecule has 0 aromatic rings. The fourth-order valence-electron chi connectivity index (χ4n) is 0.288. The number of hydrogen-bond donors (Lipinski definition) is 1. The molecule has 0 saturated heterocycles. The van der Waals surface area contributed by atoms with Crippen molar-refractivity contribution in [3.8, 4) is 11.8 Å². The van der Waals surface area contributed by atoms with Crippen LogP contribution >= 0.6 is 0 Å². The minimum Gasteiger partial charge on any atom is -0.327 e. The van der Waals surface area contributed by atoms with Crippen LogP contribution in [0.1, 0.15) is 13.3 Å². The minimum atomic E-state index is 0.582. The van der Waals surface area contributed by atoms with E-state index >= 15 is 0 Å². The first-order valence-corrected chi connectivity index (χ1v) is 2.75. The highest BCUT2D eigenvalue weighted by atomic mass is 14.5. The number of rotatable bonds is 1. The van der Waals surface area contributed by atoms with Crippen LogP contribution in [-0.4, -0.2) is 6.54 Å². The lowest BCUT2D eigenvalue weighted by atomic mass is 10.4. The molecule has 0 aromatic carbocycles. The highest BCUT2D eigenvalue weighted by molar-refractivity contribution is 5.14. The van der Waals surface area contributed by atoms with Gasteiger partial charge in [0.25, 0.3) is 0 Å². The van der Waals surface area contributed by atoms with Gasteiger partial charge in [-0.1, -0.05) is 24.8 Å². The summed E-state index contributed by atoms with van der Waals surface area (Å²) in [5, 5.41) is 0. The average Bonchev–Trinajstić information content (AvgIpc) is 1.81. The molecule has 0 spiro atoms. The summed E-state index contributed by atoms with van der Waals surface area (Å²) in [7, 11) is 0. The Labute approximate surface area is 50.6 Å². The number of nitrogens with two attached hydrogens (primary N) is 1. The van der Waals surface area contributed by atoms with Gasteiger partial charge in [-0.05, 0) is 6.08 Å². The SMILES string of the molecule is CCC#CC=CCN. The summed E-state index contributed by atoms with van der Waals surface area (Å²) >= 11 is 0. The standard InChI is InChI=1S/C7H11N/c1-2-3-4-5-6-7-8/h5-6H,2,7-8H2,1H3. The lowest BCUT2D eigenvalue weighted by Crippen LogP contribution is -1.91. The largest absolute Gasteiger partial charge is 0.327 e. The van der Waals surface area contributed by atoms with E-state index in [1.165, 1.54) is 0 Å². The molecule has 0 heterocycles. The average molecular weight is 109 g/mol. The van der Waals surface area contributed by atoms with Crippen molar-refractivity contribution in [1.82, 2.24) is 0 Å². The predicted molar refractivity (Wildman–Crippen MR) is 36.3 cm³/mol. The topological polar surface area (TPSA) is 26.0 Å². The zero-order chi connectivity index (χ0) is 6.24. The van der Waals surface area contributed by atoms with Crippen LogP contribution < -0.4 is 5.73 Å². The predicted octanol–water partition coefficient (Wildman–Crippen LogP) is 0.915. The summed E-state index contributed by atoms with van der Waals surface area (Å²) in [6, 6.07) is 0. The Balaban J connectivity index is 3.26. The zero-order valence-electron chi connectivity index (χ0n) is 5.15. The summed E-state index contributed by atoms with van der Waals surface area (Å²) in [6.07, 6.45) is 4.53. The highest BCUT2D eigenvalue weighted by Gasteiger charge is 1.59. The van der Waals surface area contributed by atoms with E-state index in [9.17, 15) is 0 Å². The van der Waals surface area contributed by atoms with Crippen LogP contribution in [0.5, 0.6) is 0 Å². The van der Waals surface area contributed by atoms with E-state index in [1.54, 1.807) is 6.08 Å². The van der Waals surface area contributed by atoms with Gasteiger partial charge < -0.3 is 5.73 Å². The molecular weight excluding hydrogens is 98.1 g/mol. The molecule has 0 saturated carbocycles. The molecule has 0 fully saturated rings. The van der Waals surface area contributed by atoms with E-state index in [0.717, 1.165) is 6.42 Å². The maximum absolute atomic E-state index is 5.16. The van der Waals surface area contributed by atoms with Crippen LogP contribution in [0, 0.1) is 11.8 Å². The number of allylic oxidation sites excluding steroid dienone is 1. The lowest BCUT2D eigenvalue weighted by Gasteiger charge is -1.70. The van der Waals surface area contributed by atoms with Crippen molar-refractivity contribution >= 4 is 0 Å². The molecule has 0 aromatic heterocycles. The van der Waals surface area contributed by atoms with E-state index in [2.05, 4.69) is 11.8 Å². The van der Waals surface area contributed by atoms with Gasteiger partial charge in [0.15, 0.2) is 0 Å². The van der Waals surface area contributed by atoms with Crippen molar-refractivity contribution in [1.29, 1.82) is 0 Å². The third-order valence-corrected chi connectivity index (χ3v) is 0.616. The molecule has 0 radical (unpaired) electrons. The molecule has 0 aliphatic carbocycles. The Morgan fingerprint density at radius 3 is 2.88 bits per heavy atom. The number of hydrogen-bond acceptors (Lipinski definition) is 1. The quantitative estimate of drug-likeness (QED) is 0.498. The van der Waals surface area contributed by atoms with Crippen molar-refractivity contribution in [3.05, 3.63) is 12.2 Å². The summed E-state index contributed by atoms with van der Waals surface area (Å²) in [4.78, 5) is 0. The van der Waals surface area contributed by atoms with Gasteiger partial charge in [0, 0.05) is 13.0 Å². The van der Waals surface area contributed by atoms with E-state index in [1.807, 2.05) is 13.0 Å². The van der Waals surface area contributed by atoms with Crippen LogP contribution in [0.4, 0.5) is 0 Å². The Hall–Kier alpha value is -0.740. The molecular formula is C7H11N. The van der Waals surface area contributed by atoms with E-state index in [0.29, 0.717) is 6.54 Å². The maximum atomic E-state index is 5.16. The molecule has 1 nitrogen and oxygen atoms in total. The van der Waals surface area contributed by atoms with Crippen molar-refractivity contribution in [2.75, 3.05) is 6.54 Å². The monoisotopic (exact) mass is 109 g/mol. The Kier molecular flexibility index (Phi) is 5.68. The van der Waals surface area contributed by atoms with E-state index < -0.39 is 0 Å². The first kappa shape index (κ1) is 7.26. The minimum absolute atomic E-state index is 0.582. The van der Waals surface area contributed by atoms with Crippen LogP contribution in [-0.2, 0) is 0 Å². The fourth-order valence-corrected chi connectivity index (χ4v) is 0.288. The molecule has 0 bridgehead atoms. The van der Waals surface area contributed by atoms with Crippen molar-refractivity contribution in [2.24, 2.45) is 5.73 Å². The molecule has 0 aliphatic heterocycles. The Bertz CT molecular complexity index is 114. The summed E-state index contributed by atoms with van der Waals surface area (Å²) < 4.78 is 0. The smallest absolute Gasteiger partial charge is 0.0116 e. The highest BCUT2D eigenvalue weighted by Crippen LogP contribution is 1.68. The van der Waals surface area contributed by atoms with Crippen LogP contribution in [0.25, 0.3) is 0 Å². The first-order valence-electron chi connectivity index (χ1n) is 2.75. The van der Waals surface area contributed by atoms with Gasteiger partial charge in [-0.15, -0.1) is 0 Å². The Morgan fingerprint density at radius 1 is 1.62 bits per heavy atom. The van der Waals surface area contributed by atoms with Crippen LogP contribution in [0.15, 0.2) is 12.2 Å². The molecule has 0 rings (SSSR count). The first-order chi connectivity index (χ1) is 3.91. The molecule has 44 valence electrons. The summed E-state index contributed by atoms with van der Waals surface area (Å²) in [6.45, 7) is 2.60. The molecule has 1 heteroatoms. The molecule has 2 N–H and O–H groups in total. The second kappa shape index (κ2) is 6.26. The van der Waals surface area contributed by atoms with Crippen molar-refractivity contribution < 1.29 is 0 Å². The van der Waals surface area contributed by atoms with Gasteiger partial charge in [-0.2, -0.15) is 0 Å². The van der Waals surface area contributed by atoms with E-state index in [-0.39, 0.29) is 0 Å². The summed E-state index contributed by atoms with van der Waals surface area (Å²) in [5.41, 5.74) is 5.16. The lowest BCUT2D eigenvalue weighted by molar-refractivity contribution is 1.25. The van der Waals surface area contributed by atoms with Gasteiger partial charge in [-0.25, -0.2) is 0 Å². The molecule has 0 amide bonds. The fraction of sp³-hybridized carbons (Fsp3) is 0.429. The van der Waals surface area contributed by atoms with Gasteiger partial charge in [0.1, 0.15) is 0 Å². The van der Waals surface area contributed by atoms with Gasteiger partial charge >= 0.3 is 0 Å². The maximum Gasteiger partial charge on any atom is 0.0116 e. The molecule has 0 aliphatic rings. The third kappa shape index (κ3) is 5.26. The normalized spacial score (nSPS) is 8.75. The van der Waals surface area contributed by atoms with Gasteiger partial charge in [-0.3, -0.25) is 0 Å². The second-order valence-electron chi connectivity index (χ2n) is 1.31. The molecule has 0 unspecified atom stereocenters.